The van der Waals surface area contributed by atoms with Crippen LogP contribution in [0.5, 0.6) is 0 Å². The average molecular weight is 310 g/mol. The smallest absolute Gasteiger partial charge is 0.0944 e. The molecule has 0 aliphatic carbocycles. The number of aryl methyl sites for hydroxylation is 1. The topological polar surface area (TPSA) is 28.2 Å². The Morgan fingerprint density at radius 1 is 1.38 bits per heavy atom. The second kappa shape index (κ2) is 8.86. The van der Waals surface area contributed by atoms with Crippen molar-refractivity contribution in [2.75, 3.05) is 19.6 Å². The Hall–Kier alpha value is -0.450. The molecule has 3 nitrogen and oxygen atoms in total. The number of nitrogens with one attached hydrogen (secondary N) is 1. The zero-order chi connectivity index (χ0) is 15.1. The van der Waals surface area contributed by atoms with E-state index in [2.05, 4.69) is 31.0 Å². The maximum atomic E-state index is 4.77. The molecular weight excluding hydrogens is 278 g/mol. The average Bonchev–Trinajstić information content (AvgIpc) is 2.83. The quantitative estimate of drug-likeness (QED) is 0.741. The minimum Gasteiger partial charge on any atom is -0.312 e. The first kappa shape index (κ1) is 16.9. The molecule has 1 saturated heterocycles. The number of piperidine rings is 1. The maximum absolute atomic E-state index is 4.77. The molecule has 1 unspecified atom stereocenters. The van der Waals surface area contributed by atoms with Crippen molar-refractivity contribution >= 4 is 11.3 Å². The SMILES string of the molecule is CCCCNCc1sc(CCN2CCCCC2C)nc1C. The third-order valence-electron chi connectivity index (χ3n) is 4.48. The molecule has 2 heterocycles. The van der Waals surface area contributed by atoms with E-state index in [1.807, 2.05) is 11.3 Å². The van der Waals surface area contributed by atoms with Crippen LogP contribution in [0.3, 0.4) is 0 Å². The molecule has 0 saturated carbocycles. The third-order valence-corrected chi connectivity index (χ3v) is 5.70. The van der Waals surface area contributed by atoms with Gasteiger partial charge in [-0.05, 0) is 46.2 Å². The van der Waals surface area contributed by atoms with Crippen molar-refractivity contribution in [1.82, 2.24) is 15.2 Å². The van der Waals surface area contributed by atoms with E-state index in [1.54, 1.807) is 0 Å². The molecule has 0 bridgehead atoms. The van der Waals surface area contributed by atoms with E-state index in [0.29, 0.717) is 0 Å². The molecule has 0 spiro atoms. The van der Waals surface area contributed by atoms with Gasteiger partial charge in [-0.2, -0.15) is 0 Å². The fourth-order valence-corrected chi connectivity index (χ4v) is 4.02. The van der Waals surface area contributed by atoms with Gasteiger partial charge in [-0.1, -0.05) is 19.8 Å². The highest BCUT2D eigenvalue weighted by Crippen LogP contribution is 2.21. The van der Waals surface area contributed by atoms with Crippen molar-refractivity contribution in [3.05, 3.63) is 15.6 Å². The third kappa shape index (κ3) is 5.35. The lowest BCUT2D eigenvalue weighted by atomic mass is 10.0. The minimum atomic E-state index is 0.759. The molecule has 0 aromatic carbocycles. The minimum absolute atomic E-state index is 0.759. The predicted octanol–water partition coefficient (Wildman–Crippen LogP) is 3.76. The van der Waals surface area contributed by atoms with Gasteiger partial charge in [0.1, 0.15) is 0 Å². The van der Waals surface area contributed by atoms with Gasteiger partial charge in [0.2, 0.25) is 0 Å². The summed E-state index contributed by atoms with van der Waals surface area (Å²) in [4.78, 5) is 8.83. The molecule has 1 fully saturated rings. The fourth-order valence-electron chi connectivity index (χ4n) is 2.99. The number of likely N-dealkylation sites (tertiary alicyclic amines) is 1. The van der Waals surface area contributed by atoms with E-state index in [9.17, 15) is 0 Å². The number of unbranched alkanes of at least 4 members (excludes halogenated alkanes) is 1. The molecule has 0 radical (unpaired) electrons. The monoisotopic (exact) mass is 309 g/mol. The highest BCUT2D eigenvalue weighted by Gasteiger charge is 2.18. The summed E-state index contributed by atoms with van der Waals surface area (Å²) < 4.78 is 0. The van der Waals surface area contributed by atoms with Crippen LogP contribution in [-0.4, -0.2) is 35.6 Å². The van der Waals surface area contributed by atoms with Crippen LogP contribution in [0.1, 0.15) is 61.5 Å². The molecule has 1 atom stereocenters. The summed E-state index contributed by atoms with van der Waals surface area (Å²) in [6, 6.07) is 0.759. The second-order valence-electron chi connectivity index (χ2n) is 6.28. The van der Waals surface area contributed by atoms with Crippen LogP contribution >= 0.6 is 11.3 Å². The summed E-state index contributed by atoms with van der Waals surface area (Å²) in [6.07, 6.45) is 7.77. The summed E-state index contributed by atoms with van der Waals surface area (Å²) in [6.45, 7) is 11.3. The Balaban J connectivity index is 1.78. The number of hydrogen-bond acceptors (Lipinski definition) is 4. The maximum Gasteiger partial charge on any atom is 0.0944 e. The molecule has 1 aliphatic rings. The molecule has 1 aliphatic heterocycles. The Morgan fingerprint density at radius 3 is 3.00 bits per heavy atom. The molecule has 21 heavy (non-hydrogen) atoms. The van der Waals surface area contributed by atoms with Crippen LogP contribution in [0.4, 0.5) is 0 Å². The second-order valence-corrected chi connectivity index (χ2v) is 7.45. The predicted molar refractivity (Wildman–Crippen MR) is 92.1 cm³/mol. The summed E-state index contributed by atoms with van der Waals surface area (Å²) >= 11 is 1.91. The van der Waals surface area contributed by atoms with Crippen molar-refractivity contribution in [2.45, 2.75) is 71.9 Å². The van der Waals surface area contributed by atoms with E-state index in [0.717, 1.165) is 25.6 Å². The van der Waals surface area contributed by atoms with Crippen molar-refractivity contribution in [1.29, 1.82) is 0 Å². The Kier molecular flexibility index (Phi) is 7.14. The first-order chi connectivity index (χ1) is 10.2. The normalized spacial score (nSPS) is 20.0. The van der Waals surface area contributed by atoms with Gasteiger partial charge in [-0.3, -0.25) is 0 Å². The molecule has 120 valence electrons. The fraction of sp³-hybridized carbons (Fsp3) is 0.824. The van der Waals surface area contributed by atoms with E-state index in [1.165, 1.54) is 60.8 Å². The van der Waals surface area contributed by atoms with Crippen LogP contribution in [0, 0.1) is 6.92 Å². The lowest BCUT2D eigenvalue weighted by Crippen LogP contribution is -2.38. The summed E-state index contributed by atoms with van der Waals surface area (Å²) in [5.74, 6) is 0. The van der Waals surface area contributed by atoms with E-state index in [4.69, 9.17) is 4.98 Å². The summed E-state index contributed by atoms with van der Waals surface area (Å²) in [7, 11) is 0. The van der Waals surface area contributed by atoms with Crippen LogP contribution in [0.15, 0.2) is 0 Å². The van der Waals surface area contributed by atoms with E-state index in [-0.39, 0.29) is 0 Å². The van der Waals surface area contributed by atoms with Crippen molar-refractivity contribution in [3.63, 3.8) is 0 Å². The van der Waals surface area contributed by atoms with E-state index < -0.39 is 0 Å². The van der Waals surface area contributed by atoms with Crippen LogP contribution in [0.25, 0.3) is 0 Å². The molecule has 1 aromatic heterocycles. The number of rotatable bonds is 8. The highest BCUT2D eigenvalue weighted by atomic mass is 32.1. The number of nitrogens with zero attached hydrogens (tertiary/aromatic N) is 2. The van der Waals surface area contributed by atoms with Gasteiger partial charge < -0.3 is 10.2 Å². The van der Waals surface area contributed by atoms with Crippen molar-refractivity contribution in [2.24, 2.45) is 0 Å². The first-order valence-electron chi connectivity index (χ1n) is 8.60. The van der Waals surface area contributed by atoms with Crippen LogP contribution in [-0.2, 0) is 13.0 Å². The Morgan fingerprint density at radius 2 is 2.24 bits per heavy atom. The molecule has 1 N–H and O–H groups in total. The highest BCUT2D eigenvalue weighted by molar-refractivity contribution is 7.11. The van der Waals surface area contributed by atoms with E-state index >= 15 is 0 Å². The van der Waals surface area contributed by atoms with Crippen LogP contribution < -0.4 is 5.32 Å². The van der Waals surface area contributed by atoms with Gasteiger partial charge in [-0.15, -0.1) is 11.3 Å². The zero-order valence-electron chi connectivity index (χ0n) is 14.0. The standard InChI is InChI=1S/C17H31N3S/c1-4-5-10-18-13-16-15(3)19-17(21-16)9-12-20-11-7-6-8-14(20)2/h14,18H,4-13H2,1-3H3. The lowest BCUT2D eigenvalue weighted by Gasteiger charge is -2.33. The van der Waals surface area contributed by atoms with Gasteiger partial charge in [0.25, 0.3) is 0 Å². The van der Waals surface area contributed by atoms with Crippen molar-refractivity contribution < 1.29 is 0 Å². The molecule has 1 aromatic rings. The van der Waals surface area contributed by atoms with Crippen molar-refractivity contribution in [3.8, 4) is 0 Å². The molecule has 0 amide bonds. The number of aromatic nitrogens is 1. The molecule has 4 heteroatoms. The molecular formula is C17H31N3S. The summed E-state index contributed by atoms with van der Waals surface area (Å²) in [5.41, 5.74) is 1.23. The lowest BCUT2D eigenvalue weighted by molar-refractivity contribution is 0.163. The van der Waals surface area contributed by atoms with Gasteiger partial charge in [0.15, 0.2) is 0 Å². The zero-order valence-corrected chi connectivity index (χ0v) is 14.8. The molecule has 2 rings (SSSR count). The first-order valence-corrected chi connectivity index (χ1v) is 9.42. The largest absolute Gasteiger partial charge is 0.312 e. The Bertz CT molecular complexity index is 416. The van der Waals surface area contributed by atoms with Gasteiger partial charge in [0, 0.05) is 30.4 Å². The number of hydrogen-bond donors (Lipinski definition) is 1. The summed E-state index contributed by atoms with van der Waals surface area (Å²) in [5, 5.41) is 4.85. The number of thiazole rings is 1. The Labute approximate surface area is 134 Å². The van der Waals surface area contributed by atoms with Gasteiger partial charge in [0.05, 0.1) is 10.7 Å². The van der Waals surface area contributed by atoms with Crippen LogP contribution in [0.2, 0.25) is 0 Å². The van der Waals surface area contributed by atoms with Gasteiger partial charge >= 0.3 is 0 Å². The van der Waals surface area contributed by atoms with Gasteiger partial charge in [-0.25, -0.2) is 4.98 Å².